The summed E-state index contributed by atoms with van der Waals surface area (Å²) < 4.78 is 5.64. The lowest BCUT2D eigenvalue weighted by molar-refractivity contribution is 0.242. The van der Waals surface area contributed by atoms with Gasteiger partial charge in [0.2, 0.25) is 0 Å². The van der Waals surface area contributed by atoms with Gasteiger partial charge in [-0.3, -0.25) is 4.90 Å². The van der Waals surface area contributed by atoms with E-state index in [1.165, 1.54) is 5.56 Å². The molecule has 1 N–H and O–H groups in total. The molecule has 122 valence electrons. The van der Waals surface area contributed by atoms with Gasteiger partial charge in [0.25, 0.3) is 0 Å². The monoisotopic (exact) mass is 312 g/mol. The number of para-hydroxylation sites is 1. The number of rotatable bonds is 7. The summed E-state index contributed by atoms with van der Waals surface area (Å²) >= 11 is 0. The van der Waals surface area contributed by atoms with Gasteiger partial charge >= 0.3 is 6.03 Å². The molecular formula is C19H24N2O2. The Bertz CT molecular complexity index is 597. The minimum Gasteiger partial charge on any atom is -0.492 e. The van der Waals surface area contributed by atoms with E-state index in [1.54, 1.807) is 4.90 Å². The third kappa shape index (κ3) is 5.02. The van der Waals surface area contributed by atoms with Crippen molar-refractivity contribution in [3.8, 4) is 5.75 Å². The number of amides is 2. The lowest BCUT2D eigenvalue weighted by atomic mass is 10.2. The Morgan fingerprint density at radius 1 is 1.04 bits per heavy atom. The first-order chi connectivity index (χ1) is 11.2. The van der Waals surface area contributed by atoms with Gasteiger partial charge in [0.05, 0.1) is 6.54 Å². The van der Waals surface area contributed by atoms with E-state index in [0.29, 0.717) is 19.7 Å². The number of ether oxygens (including phenoxy) is 1. The van der Waals surface area contributed by atoms with E-state index < -0.39 is 0 Å². The molecule has 2 aromatic rings. The van der Waals surface area contributed by atoms with Crippen LogP contribution in [-0.4, -0.2) is 25.7 Å². The molecule has 2 aromatic carbocycles. The zero-order valence-electron chi connectivity index (χ0n) is 13.8. The van der Waals surface area contributed by atoms with Crippen molar-refractivity contribution >= 4 is 11.7 Å². The van der Waals surface area contributed by atoms with Crippen molar-refractivity contribution in [3.63, 3.8) is 0 Å². The summed E-state index contributed by atoms with van der Waals surface area (Å²) in [5.41, 5.74) is 2.18. The minimum absolute atomic E-state index is 0.108. The third-order valence-corrected chi connectivity index (χ3v) is 3.61. The second-order valence-corrected chi connectivity index (χ2v) is 5.16. The van der Waals surface area contributed by atoms with Gasteiger partial charge in [-0.2, -0.15) is 0 Å². The van der Waals surface area contributed by atoms with E-state index in [-0.39, 0.29) is 6.03 Å². The van der Waals surface area contributed by atoms with Crippen molar-refractivity contribution in [2.24, 2.45) is 0 Å². The molecule has 0 saturated heterocycles. The first kappa shape index (κ1) is 16.9. The highest BCUT2D eigenvalue weighted by molar-refractivity contribution is 5.91. The van der Waals surface area contributed by atoms with Crippen molar-refractivity contribution in [2.45, 2.75) is 20.3 Å². The largest absolute Gasteiger partial charge is 0.492 e. The van der Waals surface area contributed by atoms with Gasteiger partial charge in [0.15, 0.2) is 0 Å². The van der Waals surface area contributed by atoms with Crippen LogP contribution in [0.2, 0.25) is 0 Å². The smallest absolute Gasteiger partial charge is 0.321 e. The number of carbonyl (C=O) groups excluding carboxylic acids is 1. The zero-order valence-corrected chi connectivity index (χ0v) is 13.8. The number of nitrogens with one attached hydrogen (secondary N) is 1. The molecular weight excluding hydrogens is 288 g/mol. The van der Waals surface area contributed by atoms with Gasteiger partial charge in [-0.15, -0.1) is 0 Å². The van der Waals surface area contributed by atoms with Gasteiger partial charge < -0.3 is 10.1 Å². The predicted molar refractivity (Wildman–Crippen MR) is 94.2 cm³/mol. The average Bonchev–Trinajstić information content (AvgIpc) is 2.61. The van der Waals surface area contributed by atoms with E-state index in [1.807, 2.05) is 49.4 Å². The summed E-state index contributed by atoms with van der Waals surface area (Å²) in [5.74, 6) is 0.826. The molecule has 0 spiro atoms. The van der Waals surface area contributed by atoms with Crippen LogP contribution >= 0.6 is 0 Å². The maximum atomic E-state index is 12.2. The summed E-state index contributed by atoms with van der Waals surface area (Å²) in [5, 5.41) is 2.89. The van der Waals surface area contributed by atoms with E-state index in [9.17, 15) is 4.79 Å². The van der Waals surface area contributed by atoms with Crippen LogP contribution in [0.3, 0.4) is 0 Å². The number of hydrogen-bond acceptors (Lipinski definition) is 2. The zero-order chi connectivity index (χ0) is 16.5. The number of urea groups is 1. The molecule has 4 nitrogen and oxygen atoms in total. The topological polar surface area (TPSA) is 41.6 Å². The maximum absolute atomic E-state index is 12.2. The molecule has 2 amide bonds. The Kier molecular flexibility index (Phi) is 6.48. The first-order valence-corrected chi connectivity index (χ1v) is 8.06. The Hall–Kier alpha value is -2.49. The predicted octanol–water partition coefficient (Wildman–Crippen LogP) is 3.86. The molecule has 0 aromatic heterocycles. The number of hydrogen-bond donors (Lipinski definition) is 1. The molecule has 4 heteroatoms. The van der Waals surface area contributed by atoms with Crippen LogP contribution in [0.25, 0.3) is 0 Å². The summed E-state index contributed by atoms with van der Waals surface area (Å²) in [4.78, 5) is 13.9. The van der Waals surface area contributed by atoms with Crippen molar-refractivity contribution in [1.29, 1.82) is 0 Å². The molecule has 0 heterocycles. The van der Waals surface area contributed by atoms with Gasteiger partial charge in [-0.25, -0.2) is 4.79 Å². The fraction of sp³-hybridized carbons (Fsp3) is 0.316. The van der Waals surface area contributed by atoms with Gasteiger partial charge in [0, 0.05) is 12.2 Å². The van der Waals surface area contributed by atoms with Crippen LogP contribution in [0.4, 0.5) is 10.5 Å². The molecule has 23 heavy (non-hydrogen) atoms. The van der Waals surface area contributed by atoms with E-state index >= 15 is 0 Å². The normalized spacial score (nSPS) is 10.2. The minimum atomic E-state index is -0.108. The SMILES string of the molecule is CCc1ccc(OCCNC(=O)N(CC)c2ccccc2)cc1. The number of benzene rings is 2. The Balaban J connectivity index is 1.77. The summed E-state index contributed by atoms with van der Waals surface area (Å²) in [7, 11) is 0. The number of nitrogens with zero attached hydrogens (tertiary/aromatic N) is 1. The Morgan fingerprint density at radius 2 is 1.74 bits per heavy atom. The fourth-order valence-electron chi connectivity index (χ4n) is 2.30. The molecule has 0 aliphatic carbocycles. The molecule has 0 aliphatic heterocycles. The van der Waals surface area contributed by atoms with Gasteiger partial charge in [-0.05, 0) is 43.2 Å². The highest BCUT2D eigenvalue weighted by atomic mass is 16.5. The molecule has 2 rings (SSSR count). The summed E-state index contributed by atoms with van der Waals surface area (Å²) in [6.45, 7) is 5.62. The highest BCUT2D eigenvalue weighted by Crippen LogP contribution is 2.13. The number of anilines is 1. The van der Waals surface area contributed by atoms with Crippen molar-refractivity contribution in [2.75, 3.05) is 24.6 Å². The van der Waals surface area contributed by atoms with E-state index in [0.717, 1.165) is 17.9 Å². The lowest BCUT2D eigenvalue weighted by Crippen LogP contribution is -2.41. The molecule has 0 bridgehead atoms. The molecule has 0 atom stereocenters. The van der Waals surface area contributed by atoms with Crippen LogP contribution in [0.15, 0.2) is 54.6 Å². The Labute approximate surface area is 138 Å². The first-order valence-electron chi connectivity index (χ1n) is 8.06. The van der Waals surface area contributed by atoms with Crippen molar-refractivity contribution in [3.05, 3.63) is 60.2 Å². The van der Waals surface area contributed by atoms with Crippen molar-refractivity contribution < 1.29 is 9.53 Å². The van der Waals surface area contributed by atoms with Crippen LogP contribution < -0.4 is 15.0 Å². The van der Waals surface area contributed by atoms with E-state index in [4.69, 9.17) is 4.74 Å². The molecule has 0 aliphatic rings. The molecule has 0 fully saturated rings. The highest BCUT2D eigenvalue weighted by Gasteiger charge is 2.12. The van der Waals surface area contributed by atoms with Gasteiger partial charge in [-0.1, -0.05) is 37.3 Å². The van der Waals surface area contributed by atoms with Crippen LogP contribution in [0.5, 0.6) is 5.75 Å². The maximum Gasteiger partial charge on any atom is 0.321 e. The quantitative estimate of drug-likeness (QED) is 0.789. The molecule has 0 radical (unpaired) electrons. The second-order valence-electron chi connectivity index (χ2n) is 5.16. The fourth-order valence-corrected chi connectivity index (χ4v) is 2.30. The Morgan fingerprint density at radius 3 is 2.35 bits per heavy atom. The van der Waals surface area contributed by atoms with Crippen LogP contribution in [0.1, 0.15) is 19.4 Å². The average molecular weight is 312 g/mol. The van der Waals surface area contributed by atoms with Gasteiger partial charge in [0.1, 0.15) is 12.4 Å². The summed E-state index contributed by atoms with van der Waals surface area (Å²) in [6, 6.07) is 17.6. The second kappa shape index (κ2) is 8.83. The standard InChI is InChI=1S/C19H24N2O2/c1-3-16-10-12-18(13-11-16)23-15-14-20-19(22)21(4-2)17-8-6-5-7-9-17/h5-13H,3-4,14-15H2,1-2H3,(H,20,22). The lowest BCUT2D eigenvalue weighted by Gasteiger charge is -2.21. The van der Waals surface area contributed by atoms with Crippen molar-refractivity contribution in [1.82, 2.24) is 5.32 Å². The van der Waals surface area contributed by atoms with E-state index in [2.05, 4.69) is 24.4 Å². The van der Waals surface area contributed by atoms with Crippen LogP contribution in [-0.2, 0) is 6.42 Å². The summed E-state index contributed by atoms with van der Waals surface area (Å²) in [6.07, 6.45) is 1.02. The van der Waals surface area contributed by atoms with Crippen LogP contribution in [0, 0.1) is 0 Å². The number of carbonyl (C=O) groups is 1. The molecule has 0 unspecified atom stereocenters. The molecule has 0 saturated carbocycles. The third-order valence-electron chi connectivity index (χ3n) is 3.61. The number of aryl methyl sites for hydroxylation is 1.